The predicted octanol–water partition coefficient (Wildman–Crippen LogP) is 2.54. The van der Waals surface area contributed by atoms with Gasteiger partial charge in [0.15, 0.2) is 5.96 Å². The highest BCUT2D eigenvalue weighted by Gasteiger charge is 2.15. The third-order valence-corrected chi connectivity index (χ3v) is 4.41. The number of hydrogen-bond acceptors (Lipinski definition) is 4. The molecule has 1 unspecified atom stereocenters. The number of hydrogen-bond donors (Lipinski definition) is 2. The largest absolute Gasteiger partial charge is 0.378 e. The van der Waals surface area contributed by atoms with Gasteiger partial charge in [-0.15, -0.1) is 0 Å². The number of morpholine rings is 1. The molecule has 0 saturated carbocycles. The second-order valence-electron chi connectivity index (χ2n) is 7.16. The summed E-state index contributed by atoms with van der Waals surface area (Å²) in [6.07, 6.45) is 5.40. The van der Waals surface area contributed by atoms with Crippen molar-refractivity contribution in [1.29, 1.82) is 0 Å². The highest BCUT2D eigenvalue weighted by molar-refractivity contribution is 5.78. The molecule has 3 N–H and O–H groups in total. The molecular weight excluding hydrogens is 314 g/mol. The van der Waals surface area contributed by atoms with Crippen molar-refractivity contribution in [2.45, 2.75) is 52.6 Å². The van der Waals surface area contributed by atoms with Crippen LogP contribution < -0.4 is 16.0 Å². The van der Waals surface area contributed by atoms with Crippen LogP contribution in [0.3, 0.4) is 0 Å². The quantitative estimate of drug-likeness (QED) is 0.558. The van der Waals surface area contributed by atoms with Crippen LogP contribution in [-0.4, -0.2) is 43.3 Å². The molecule has 0 amide bonds. The molecule has 2 heterocycles. The summed E-state index contributed by atoms with van der Waals surface area (Å²) in [5.41, 5.74) is 7.17. The Kier molecular flexibility index (Phi) is 7.98. The Hall–Kier alpha value is -1.82. The summed E-state index contributed by atoms with van der Waals surface area (Å²) in [6, 6.07) is 4.36. The Morgan fingerprint density at radius 2 is 2.08 bits per heavy atom. The van der Waals surface area contributed by atoms with Crippen LogP contribution in [0.1, 0.15) is 45.6 Å². The zero-order valence-corrected chi connectivity index (χ0v) is 15.9. The third-order valence-electron chi connectivity index (χ3n) is 4.41. The van der Waals surface area contributed by atoms with Crippen LogP contribution in [0.25, 0.3) is 0 Å². The molecule has 0 radical (unpaired) electrons. The topological polar surface area (TPSA) is 75.8 Å². The molecule has 2 rings (SSSR count). The van der Waals surface area contributed by atoms with E-state index in [-0.39, 0.29) is 0 Å². The van der Waals surface area contributed by atoms with Crippen LogP contribution in [0.15, 0.2) is 23.3 Å². The van der Waals surface area contributed by atoms with E-state index >= 15 is 0 Å². The lowest BCUT2D eigenvalue weighted by Crippen LogP contribution is -2.38. The number of rotatable bonds is 8. The first-order chi connectivity index (χ1) is 12.1. The summed E-state index contributed by atoms with van der Waals surface area (Å²) >= 11 is 0. The average molecular weight is 348 g/mol. The van der Waals surface area contributed by atoms with Crippen LogP contribution in [0.5, 0.6) is 0 Å². The fraction of sp³-hybridized carbons (Fsp3) is 0.684. The number of aliphatic imine (C=N–C) groups is 1. The zero-order chi connectivity index (χ0) is 18.1. The summed E-state index contributed by atoms with van der Waals surface area (Å²) in [5, 5.41) is 3.30. The van der Waals surface area contributed by atoms with E-state index in [0.717, 1.165) is 50.0 Å². The number of nitrogens with one attached hydrogen (secondary N) is 1. The van der Waals surface area contributed by atoms with Crippen LogP contribution in [0.2, 0.25) is 0 Å². The van der Waals surface area contributed by atoms with E-state index in [1.165, 1.54) is 12.8 Å². The Labute approximate surface area is 151 Å². The van der Waals surface area contributed by atoms with Gasteiger partial charge in [0.05, 0.1) is 19.8 Å². The first kappa shape index (κ1) is 19.5. The standard InChI is InChI=1S/C19H33N5O/c1-15(2)6-4-7-16(3)23-19(20)22-14-17-8-5-9-21-18(17)24-10-12-25-13-11-24/h5,8-9,15-16H,4,6-7,10-14H2,1-3H3,(H3,20,22,23). The minimum Gasteiger partial charge on any atom is -0.378 e. The van der Waals surface area contributed by atoms with Crippen molar-refractivity contribution < 1.29 is 4.74 Å². The lowest BCUT2D eigenvalue weighted by molar-refractivity contribution is 0.122. The maximum atomic E-state index is 6.07. The molecule has 1 saturated heterocycles. The Morgan fingerprint density at radius 1 is 1.32 bits per heavy atom. The van der Waals surface area contributed by atoms with E-state index in [2.05, 4.69) is 47.0 Å². The molecule has 1 aliphatic heterocycles. The smallest absolute Gasteiger partial charge is 0.189 e. The van der Waals surface area contributed by atoms with Gasteiger partial charge < -0.3 is 20.7 Å². The van der Waals surface area contributed by atoms with Crippen molar-refractivity contribution in [3.8, 4) is 0 Å². The third kappa shape index (κ3) is 6.90. The molecule has 0 bridgehead atoms. The van der Waals surface area contributed by atoms with Gasteiger partial charge in [0, 0.05) is 30.9 Å². The summed E-state index contributed by atoms with van der Waals surface area (Å²) in [7, 11) is 0. The molecule has 25 heavy (non-hydrogen) atoms. The highest BCUT2D eigenvalue weighted by atomic mass is 16.5. The molecule has 1 aromatic rings. The fourth-order valence-corrected chi connectivity index (χ4v) is 2.99. The lowest BCUT2D eigenvalue weighted by Gasteiger charge is -2.29. The molecule has 1 fully saturated rings. The molecule has 140 valence electrons. The number of aromatic nitrogens is 1. The second-order valence-corrected chi connectivity index (χ2v) is 7.16. The van der Waals surface area contributed by atoms with Crippen molar-refractivity contribution in [3.63, 3.8) is 0 Å². The van der Waals surface area contributed by atoms with E-state index in [4.69, 9.17) is 10.5 Å². The number of guanidine groups is 1. The van der Waals surface area contributed by atoms with Crippen molar-refractivity contribution in [3.05, 3.63) is 23.9 Å². The molecule has 6 nitrogen and oxygen atoms in total. The van der Waals surface area contributed by atoms with Gasteiger partial charge in [0.25, 0.3) is 0 Å². The van der Waals surface area contributed by atoms with E-state index in [9.17, 15) is 0 Å². The molecular formula is C19H33N5O. The van der Waals surface area contributed by atoms with Gasteiger partial charge in [-0.05, 0) is 25.3 Å². The van der Waals surface area contributed by atoms with E-state index in [1.54, 1.807) is 0 Å². The van der Waals surface area contributed by atoms with E-state index in [0.29, 0.717) is 18.5 Å². The molecule has 1 aromatic heterocycles. The van der Waals surface area contributed by atoms with Crippen molar-refractivity contribution in [1.82, 2.24) is 10.3 Å². The van der Waals surface area contributed by atoms with Gasteiger partial charge in [-0.2, -0.15) is 0 Å². The second kappa shape index (κ2) is 10.2. The average Bonchev–Trinajstić information content (AvgIpc) is 2.60. The Bertz CT molecular complexity index is 540. The van der Waals surface area contributed by atoms with Gasteiger partial charge in [-0.1, -0.05) is 32.8 Å². The van der Waals surface area contributed by atoms with Crippen LogP contribution in [0, 0.1) is 5.92 Å². The normalized spacial score (nSPS) is 17.0. The minimum atomic E-state index is 0.343. The lowest BCUT2D eigenvalue weighted by atomic mass is 10.0. The van der Waals surface area contributed by atoms with Crippen molar-refractivity contribution >= 4 is 11.8 Å². The Balaban J connectivity index is 1.87. The van der Waals surface area contributed by atoms with Gasteiger partial charge in [0.1, 0.15) is 5.82 Å². The van der Waals surface area contributed by atoms with Gasteiger partial charge in [-0.3, -0.25) is 0 Å². The first-order valence-corrected chi connectivity index (χ1v) is 9.39. The summed E-state index contributed by atoms with van der Waals surface area (Å²) in [6.45, 7) is 10.4. The fourth-order valence-electron chi connectivity index (χ4n) is 2.99. The van der Waals surface area contributed by atoms with Crippen molar-refractivity contribution in [2.75, 3.05) is 31.2 Å². The highest BCUT2D eigenvalue weighted by Crippen LogP contribution is 2.19. The number of anilines is 1. The molecule has 1 atom stereocenters. The van der Waals surface area contributed by atoms with Gasteiger partial charge in [-0.25, -0.2) is 9.98 Å². The molecule has 6 heteroatoms. The summed E-state index contributed by atoms with van der Waals surface area (Å²) in [4.78, 5) is 11.3. The molecule has 0 spiro atoms. The minimum absolute atomic E-state index is 0.343. The summed E-state index contributed by atoms with van der Waals surface area (Å²) in [5.74, 6) is 2.25. The first-order valence-electron chi connectivity index (χ1n) is 9.39. The van der Waals surface area contributed by atoms with E-state index < -0.39 is 0 Å². The van der Waals surface area contributed by atoms with Gasteiger partial charge >= 0.3 is 0 Å². The maximum Gasteiger partial charge on any atom is 0.189 e. The van der Waals surface area contributed by atoms with Crippen LogP contribution in [0.4, 0.5) is 5.82 Å². The van der Waals surface area contributed by atoms with Gasteiger partial charge in [0.2, 0.25) is 0 Å². The molecule has 0 aliphatic carbocycles. The monoisotopic (exact) mass is 347 g/mol. The SMILES string of the molecule is CC(C)CCCC(C)NC(N)=NCc1cccnc1N1CCOCC1. The van der Waals surface area contributed by atoms with Crippen molar-refractivity contribution in [2.24, 2.45) is 16.6 Å². The number of nitrogens with two attached hydrogens (primary N) is 1. The number of nitrogens with zero attached hydrogens (tertiary/aromatic N) is 3. The van der Waals surface area contributed by atoms with Crippen LogP contribution in [-0.2, 0) is 11.3 Å². The maximum absolute atomic E-state index is 6.07. The summed E-state index contributed by atoms with van der Waals surface area (Å²) < 4.78 is 5.42. The van der Waals surface area contributed by atoms with E-state index in [1.807, 2.05) is 12.3 Å². The number of pyridine rings is 1. The predicted molar refractivity (Wildman–Crippen MR) is 104 cm³/mol. The Morgan fingerprint density at radius 3 is 2.80 bits per heavy atom. The van der Waals surface area contributed by atoms with Crippen LogP contribution >= 0.6 is 0 Å². The molecule has 0 aromatic carbocycles. The number of ether oxygens (including phenoxy) is 1. The zero-order valence-electron chi connectivity index (χ0n) is 15.9. The molecule has 1 aliphatic rings.